The molecule has 0 atom stereocenters. The first-order valence-electron chi connectivity index (χ1n) is 11.4. The van der Waals surface area contributed by atoms with Crippen LogP contribution in [-0.2, 0) is 21.1 Å². The van der Waals surface area contributed by atoms with Gasteiger partial charge in [0.05, 0.1) is 0 Å². The van der Waals surface area contributed by atoms with Crippen LogP contribution >= 0.6 is 0 Å². The molecule has 184 valence electrons. The van der Waals surface area contributed by atoms with Crippen LogP contribution in [0, 0.1) is 0 Å². The van der Waals surface area contributed by atoms with Gasteiger partial charge in [0.1, 0.15) is 23.3 Å². The third-order valence-corrected chi connectivity index (χ3v) is 6.05. The number of imidazole rings is 2. The molecule has 8 bridgehead atoms. The molecular formula is C26H20N10Pt. The molecular weight excluding hydrogens is 647 g/mol. The maximum Gasteiger partial charge on any atom is 2.00 e. The molecule has 0 saturated heterocycles. The summed E-state index contributed by atoms with van der Waals surface area (Å²) in [7, 11) is 3.82. The molecule has 0 N–H and O–H groups in total. The van der Waals surface area contributed by atoms with E-state index in [1.165, 1.54) is 0 Å². The minimum absolute atomic E-state index is 0. The quantitative estimate of drug-likeness (QED) is 0.302. The summed E-state index contributed by atoms with van der Waals surface area (Å²) in [6.45, 7) is 0. The van der Waals surface area contributed by atoms with E-state index in [0.29, 0.717) is 46.6 Å². The predicted molar refractivity (Wildman–Crippen MR) is 140 cm³/mol. The summed E-state index contributed by atoms with van der Waals surface area (Å²) < 4.78 is 3.96. The SMILES string of the molecule is CN1C=C2[N-]C1=Nc1cn(-c3ccccc3)c(n1)C1=CN(C)C(=Nc3cn(-c4ccccc4)c2n3)[N-]1.[Pt+2]. The van der Waals surface area contributed by atoms with Gasteiger partial charge in [-0.25, -0.2) is 9.97 Å². The Morgan fingerprint density at radius 3 is 1.41 bits per heavy atom. The Labute approximate surface area is 227 Å². The van der Waals surface area contributed by atoms with E-state index in [1.807, 2.05) is 118 Å². The number of aliphatic imine (C=N–C) groups is 2. The van der Waals surface area contributed by atoms with E-state index in [0.717, 1.165) is 11.4 Å². The molecule has 3 aliphatic rings. The summed E-state index contributed by atoms with van der Waals surface area (Å²) in [6, 6.07) is 20.0. The van der Waals surface area contributed by atoms with Gasteiger partial charge in [0, 0.05) is 47.1 Å². The smallest absolute Gasteiger partial charge is 0.406 e. The molecule has 7 rings (SSSR count). The molecule has 0 fully saturated rings. The Hall–Kier alpha value is -4.43. The topological polar surface area (TPSA) is 95.0 Å². The molecule has 0 spiro atoms. The molecule has 0 aliphatic carbocycles. The van der Waals surface area contributed by atoms with Crippen molar-refractivity contribution in [3.8, 4) is 11.4 Å². The normalized spacial score (nSPS) is 15.5. The molecule has 37 heavy (non-hydrogen) atoms. The standard InChI is InChI=1S/C26H20N10.Pt/c1-33-13-19-23-30-22(16-35(23)17-9-5-3-6-10-17)32-26-28-20(14-34(26)2)24-29-21(31-25(33)27-19)15-36(24)18-11-7-4-8-12-18;/h3-16H,1-2H3;/q-2;+2. The molecule has 0 radical (unpaired) electrons. The van der Waals surface area contributed by atoms with Gasteiger partial charge in [0.25, 0.3) is 0 Å². The fraction of sp³-hybridized carbons (Fsp3) is 0.0769. The Kier molecular flexibility index (Phi) is 5.53. The van der Waals surface area contributed by atoms with Gasteiger partial charge in [0.2, 0.25) is 0 Å². The zero-order chi connectivity index (χ0) is 24.2. The molecule has 11 heteroatoms. The largest absolute Gasteiger partial charge is 2.00 e. The van der Waals surface area contributed by atoms with E-state index in [1.54, 1.807) is 0 Å². The molecule has 2 aromatic heterocycles. The zero-order valence-corrected chi connectivity index (χ0v) is 22.1. The maximum absolute atomic E-state index is 4.82. The summed E-state index contributed by atoms with van der Waals surface area (Å²) in [5, 5.41) is 9.60. The van der Waals surface area contributed by atoms with Crippen molar-refractivity contribution in [3.63, 3.8) is 0 Å². The van der Waals surface area contributed by atoms with Crippen molar-refractivity contribution in [1.29, 1.82) is 0 Å². The van der Waals surface area contributed by atoms with Gasteiger partial charge in [-0.2, -0.15) is 0 Å². The molecule has 0 saturated carbocycles. The van der Waals surface area contributed by atoms with Crippen molar-refractivity contribution in [3.05, 3.63) is 108 Å². The Morgan fingerprint density at radius 1 is 0.595 bits per heavy atom. The van der Waals surface area contributed by atoms with Crippen molar-refractivity contribution in [1.82, 2.24) is 28.9 Å². The minimum Gasteiger partial charge on any atom is -0.406 e. The number of aromatic nitrogens is 4. The van der Waals surface area contributed by atoms with Gasteiger partial charge in [0.15, 0.2) is 0 Å². The van der Waals surface area contributed by atoms with Crippen molar-refractivity contribution in [2.75, 3.05) is 14.1 Å². The van der Waals surface area contributed by atoms with Crippen LogP contribution in [0.4, 0.5) is 11.6 Å². The number of para-hydroxylation sites is 2. The average molecular weight is 668 g/mol. The van der Waals surface area contributed by atoms with Crippen LogP contribution in [0.1, 0.15) is 11.6 Å². The molecule has 5 heterocycles. The number of rotatable bonds is 2. The summed E-state index contributed by atoms with van der Waals surface area (Å²) in [6.07, 6.45) is 7.62. The van der Waals surface area contributed by atoms with Crippen molar-refractivity contribution in [2.45, 2.75) is 0 Å². The zero-order valence-electron chi connectivity index (χ0n) is 19.9. The number of hydrogen-bond acceptors (Lipinski definition) is 6. The third kappa shape index (κ3) is 3.95. The number of fused-ring (bicyclic) bond motifs is 10. The molecule has 3 aliphatic heterocycles. The van der Waals surface area contributed by atoms with E-state index < -0.39 is 0 Å². The van der Waals surface area contributed by atoms with Gasteiger partial charge in [-0.15, -0.1) is 0 Å². The first kappa shape index (κ1) is 23.0. The fourth-order valence-electron chi connectivity index (χ4n) is 4.32. The first-order chi connectivity index (χ1) is 17.6. The Morgan fingerprint density at radius 2 is 1.00 bits per heavy atom. The van der Waals surface area contributed by atoms with E-state index in [-0.39, 0.29) is 21.1 Å². The minimum atomic E-state index is 0. The van der Waals surface area contributed by atoms with Crippen LogP contribution in [0.5, 0.6) is 0 Å². The van der Waals surface area contributed by atoms with Gasteiger partial charge >= 0.3 is 21.1 Å². The second-order valence-corrected chi connectivity index (χ2v) is 8.55. The van der Waals surface area contributed by atoms with Crippen molar-refractivity contribution >= 4 is 34.9 Å². The van der Waals surface area contributed by atoms with Crippen molar-refractivity contribution < 1.29 is 21.1 Å². The van der Waals surface area contributed by atoms with E-state index in [2.05, 4.69) is 0 Å². The number of benzene rings is 2. The third-order valence-electron chi connectivity index (χ3n) is 6.05. The molecule has 0 amide bonds. The van der Waals surface area contributed by atoms with E-state index >= 15 is 0 Å². The summed E-state index contributed by atoms with van der Waals surface area (Å²) >= 11 is 0. The monoisotopic (exact) mass is 667 g/mol. The van der Waals surface area contributed by atoms with Gasteiger partial charge in [-0.3, -0.25) is 9.13 Å². The number of guanidine groups is 2. The maximum atomic E-state index is 4.82. The summed E-state index contributed by atoms with van der Waals surface area (Å²) in [4.78, 5) is 22.9. The van der Waals surface area contributed by atoms with Crippen LogP contribution in [0.3, 0.4) is 0 Å². The number of hydrogen-bond donors (Lipinski definition) is 0. The second kappa shape index (κ2) is 8.90. The first-order valence-corrected chi connectivity index (χ1v) is 11.4. The number of nitrogens with zero attached hydrogens (tertiary/aromatic N) is 10. The van der Waals surface area contributed by atoms with Crippen LogP contribution in [0.15, 0.2) is 95.4 Å². The van der Waals surface area contributed by atoms with Crippen LogP contribution in [0.2, 0.25) is 0 Å². The Balaban J connectivity index is 0.00000252. The van der Waals surface area contributed by atoms with Gasteiger partial charge < -0.3 is 30.4 Å². The second-order valence-electron chi connectivity index (χ2n) is 8.55. The van der Waals surface area contributed by atoms with Crippen LogP contribution < -0.4 is 0 Å². The average Bonchev–Trinajstić information content (AvgIpc) is 3.67. The van der Waals surface area contributed by atoms with Gasteiger partial charge in [-0.05, 0) is 50.8 Å². The van der Waals surface area contributed by atoms with E-state index in [9.17, 15) is 0 Å². The van der Waals surface area contributed by atoms with Crippen LogP contribution in [-0.4, -0.2) is 54.9 Å². The Bertz CT molecular complexity index is 1490. The predicted octanol–water partition coefficient (Wildman–Crippen LogP) is 4.98. The van der Waals surface area contributed by atoms with Gasteiger partial charge in [-0.1, -0.05) is 36.4 Å². The summed E-state index contributed by atoms with van der Waals surface area (Å²) in [5.41, 5.74) is 3.28. The molecule has 0 unspecified atom stereocenters. The molecule has 2 aromatic carbocycles. The fourth-order valence-corrected chi connectivity index (χ4v) is 4.32. The molecule has 4 aromatic rings. The summed E-state index contributed by atoms with van der Waals surface area (Å²) in [5.74, 6) is 3.44. The van der Waals surface area contributed by atoms with E-state index in [4.69, 9.17) is 30.6 Å². The molecule has 10 nitrogen and oxygen atoms in total. The van der Waals surface area contributed by atoms with Crippen LogP contribution in [0.25, 0.3) is 33.4 Å². The van der Waals surface area contributed by atoms with Crippen molar-refractivity contribution in [2.24, 2.45) is 9.98 Å².